The maximum Gasteiger partial charge on any atom is 0.119 e. The molecule has 96 valence electrons. The van der Waals surface area contributed by atoms with Gasteiger partial charge in [0.05, 0.1) is 35.8 Å². The van der Waals surface area contributed by atoms with Crippen LogP contribution in [0.4, 0.5) is 0 Å². The lowest BCUT2D eigenvalue weighted by Gasteiger charge is -2.15. The summed E-state index contributed by atoms with van der Waals surface area (Å²) in [5, 5.41) is 0. The topological polar surface area (TPSA) is 73.1 Å². The zero-order chi connectivity index (χ0) is 13.0. The molecule has 2 rings (SSSR count). The predicted molar refractivity (Wildman–Crippen MR) is 71.3 cm³/mol. The van der Waals surface area contributed by atoms with Crippen molar-refractivity contribution in [1.29, 1.82) is 0 Å². The van der Waals surface area contributed by atoms with Gasteiger partial charge in [0, 0.05) is 0 Å². The van der Waals surface area contributed by atoms with Gasteiger partial charge in [-0.25, -0.2) is 5.43 Å². The Morgan fingerprint density at radius 1 is 1.28 bits per heavy atom. The molecule has 0 saturated heterocycles. The van der Waals surface area contributed by atoms with Gasteiger partial charge in [-0.2, -0.15) is 8.75 Å². The van der Waals surface area contributed by atoms with Crippen molar-refractivity contribution in [2.75, 3.05) is 0 Å². The molecule has 0 bridgehead atoms. The van der Waals surface area contributed by atoms with Gasteiger partial charge >= 0.3 is 0 Å². The van der Waals surface area contributed by atoms with E-state index < -0.39 is 0 Å². The number of hydrazine groups is 1. The Bertz CT molecular complexity index is 469. The third kappa shape index (κ3) is 3.04. The quantitative estimate of drug-likeness (QED) is 0.637. The highest BCUT2D eigenvalue weighted by atomic mass is 32.1. The van der Waals surface area contributed by atoms with Crippen LogP contribution in [-0.4, -0.2) is 14.9 Å². The average molecular weight is 264 g/mol. The molecule has 6 heteroatoms. The molecule has 1 unspecified atom stereocenters. The number of hydrogen-bond acceptors (Lipinski definition) is 6. The summed E-state index contributed by atoms with van der Waals surface area (Å²) < 4.78 is 13.8. The van der Waals surface area contributed by atoms with Crippen LogP contribution in [0.25, 0.3) is 0 Å². The van der Waals surface area contributed by atoms with Gasteiger partial charge in [0.2, 0.25) is 0 Å². The first-order valence-corrected chi connectivity index (χ1v) is 6.44. The second kappa shape index (κ2) is 5.90. The molecule has 0 aliphatic rings. The minimum Gasteiger partial charge on any atom is -0.491 e. The Labute approximate surface area is 110 Å². The van der Waals surface area contributed by atoms with Crippen LogP contribution in [0.1, 0.15) is 31.1 Å². The van der Waals surface area contributed by atoms with Gasteiger partial charge < -0.3 is 4.74 Å². The molecule has 0 saturated carbocycles. The van der Waals surface area contributed by atoms with E-state index in [0.29, 0.717) is 0 Å². The smallest absolute Gasteiger partial charge is 0.119 e. The zero-order valence-electron chi connectivity index (χ0n) is 10.3. The molecule has 0 spiro atoms. The van der Waals surface area contributed by atoms with Gasteiger partial charge in [-0.3, -0.25) is 5.84 Å². The molecule has 1 aromatic heterocycles. The van der Waals surface area contributed by atoms with Crippen molar-refractivity contribution in [3.8, 4) is 5.75 Å². The number of aromatic nitrogens is 2. The van der Waals surface area contributed by atoms with Crippen molar-refractivity contribution < 1.29 is 4.74 Å². The summed E-state index contributed by atoms with van der Waals surface area (Å²) in [7, 11) is 0. The van der Waals surface area contributed by atoms with Gasteiger partial charge in [0.25, 0.3) is 0 Å². The van der Waals surface area contributed by atoms with Crippen LogP contribution in [0, 0.1) is 0 Å². The van der Waals surface area contributed by atoms with Crippen LogP contribution in [-0.2, 0) is 0 Å². The van der Waals surface area contributed by atoms with E-state index in [1.54, 1.807) is 6.20 Å². The number of nitrogens with one attached hydrogen (secondary N) is 1. The summed E-state index contributed by atoms with van der Waals surface area (Å²) in [6, 6.07) is 7.67. The molecule has 0 aliphatic carbocycles. The normalized spacial score (nSPS) is 12.7. The third-order valence-corrected chi connectivity index (χ3v) is 2.92. The number of nitrogens with zero attached hydrogens (tertiary/aromatic N) is 2. The van der Waals surface area contributed by atoms with E-state index in [1.165, 1.54) is 11.7 Å². The van der Waals surface area contributed by atoms with Crippen LogP contribution >= 0.6 is 11.7 Å². The van der Waals surface area contributed by atoms with E-state index in [4.69, 9.17) is 10.6 Å². The molecule has 5 nitrogen and oxygen atoms in total. The third-order valence-electron chi connectivity index (χ3n) is 2.43. The SMILES string of the molecule is CC(C)Oc1ccc(C(NN)c2cnsn2)cc1. The highest BCUT2D eigenvalue weighted by Gasteiger charge is 2.15. The van der Waals surface area contributed by atoms with Gasteiger partial charge in [0.15, 0.2) is 0 Å². The van der Waals surface area contributed by atoms with Crippen molar-refractivity contribution in [3.05, 3.63) is 41.7 Å². The van der Waals surface area contributed by atoms with E-state index >= 15 is 0 Å². The largest absolute Gasteiger partial charge is 0.491 e. The molecule has 0 radical (unpaired) electrons. The van der Waals surface area contributed by atoms with Crippen molar-refractivity contribution in [1.82, 2.24) is 14.2 Å². The molecule has 0 fully saturated rings. The summed E-state index contributed by atoms with van der Waals surface area (Å²) in [6.45, 7) is 4.00. The van der Waals surface area contributed by atoms with E-state index in [0.717, 1.165) is 17.0 Å². The monoisotopic (exact) mass is 264 g/mol. The number of benzene rings is 1. The second-order valence-corrected chi connectivity index (χ2v) is 4.72. The lowest BCUT2D eigenvalue weighted by Crippen LogP contribution is -2.29. The predicted octanol–water partition coefficient (Wildman–Crippen LogP) is 1.88. The number of hydrogen-bond donors (Lipinski definition) is 2. The van der Waals surface area contributed by atoms with Crippen LogP contribution in [0.3, 0.4) is 0 Å². The van der Waals surface area contributed by atoms with Crippen molar-refractivity contribution in [2.24, 2.45) is 5.84 Å². The summed E-state index contributed by atoms with van der Waals surface area (Å²) >= 11 is 1.17. The van der Waals surface area contributed by atoms with Gasteiger partial charge in [0.1, 0.15) is 5.75 Å². The molecular weight excluding hydrogens is 248 g/mol. The fourth-order valence-corrected chi connectivity index (χ4v) is 2.11. The van der Waals surface area contributed by atoms with E-state index in [-0.39, 0.29) is 12.1 Å². The van der Waals surface area contributed by atoms with Crippen LogP contribution in [0.2, 0.25) is 0 Å². The Morgan fingerprint density at radius 3 is 2.50 bits per heavy atom. The molecule has 2 aromatic rings. The highest BCUT2D eigenvalue weighted by Crippen LogP contribution is 2.22. The first-order valence-electron chi connectivity index (χ1n) is 5.71. The zero-order valence-corrected chi connectivity index (χ0v) is 11.1. The van der Waals surface area contributed by atoms with Crippen molar-refractivity contribution in [3.63, 3.8) is 0 Å². The van der Waals surface area contributed by atoms with E-state index in [1.807, 2.05) is 38.1 Å². The fraction of sp³-hybridized carbons (Fsp3) is 0.333. The lowest BCUT2D eigenvalue weighted by molar-refractivity contribution is 0.242. The highest BCUT2D eigenvalue weighted by molar-refractivity contribution is 6.99. The molecule has 18 heavy (non-hydrogen) atoms. The molecule has 0 aliphatic heterocycles. The summed E-state index contributed by atoms with van der Waals surface area (Å²) in [5.41, 5.74) is 4.59. The van der Waals surface area contributed by atoms with Gasteiger partial charge in [-0.15, -0.1) is 0 Å². The maximum absolute atomic E-state index is 5.60. The lowest BCUT2D eigenvalue weighted by atomic mass is 10.1. The Balaban J connectivity index is 2.17. The maximum atomic E-state index is 5.60. The standard InChI is InChI=1S/C12H16N4OS/c1-8(2)17-10-5-3-9(4-6-10)12(15-13)11-7-14-18-16-11/h3-8,12,15H,13H2,1-2H3. The fourth-order valence-electron chi connectivity index (χ4n) is 1.66. The van der Waals surface area contributed by atoms with Crippen LogP contribution < -0.4 is 16.0 Å². The minimum atomic E-state index is -0.142. The number of nitrogens with two attached hydrogens (primary N) is 1. The summed E-state index contributed by atoms with van der Waals surface area (Å²) in [5.74, 6) is 6.42. The van der Waals surface area contributed by atoms with Crippen molar-refractivity contribution >= 4 is 11.7 Å². The first-order chi connectivity index (χ1) is 8.70. The molecule has 1 aromatic carbocycles. The molecule has 0 amide bonds. The van der Waals surface area contributed by atoms with E-state index in [2.05, 4.69) is 14.2 Å². The molecule has 1 atom stereocenters. The first kappa shape index (κ1) is 12.9. The van der Waals surface area contributed by atoms with Crippen molar-refractivity contribution in [2.45, 2.75) is 26.0 Å². The minimum absolute atomic E-state index is 0.142. The Kier molecular flexibility index (Phi) is 4.24. The average Bonchev–Trinajstić information content (AvgIpc) is 2.85. The van der Waals surface area contributed by atoms with Gasteiger partial charge in [-0.05, 0) is 31.5 Å². The number of rotatable bonds is 5. The van der Waals surface area contributed by atoms with Crippen LogP contribution in [0.5, 0.6) is 5.75 Å². The van der Waals surface area contributed by atoms with E-state index in [9.17, 15) is 0 Å². The van der Waals surface area contributed by atoms with Gasteiger partial charge in [-0.1, -0.05) is 12.1 Å². The Morgan fingerprint density at radius 2 is 2.00 bits per heavy atom. The summed E-state index contributed by atoms with van der Waals surface area (Å²) in [6.07, 6.45) is 1.88. The van der Waals surface area contributed by atoms with Crippen LogP contribution in [0.15, 0.2) is 30.5 Å². The Hall–Kier alpha value is -1.50. The summed E-state index contributed by atoms with van der Waals surface area (Å²) in [4.78, 5) is 0. The second-order valence-electron chi connectivity index (χ2n) is 4.17. The molecule has 3 N–H and O–H groups in total. The number of ether oxygens (including phenoxy) is 1. The molecular formula is C12H16N4OS. The molecule has 1 heterocycles.